The Bertz CT molecular complexity index is 986. The summed E-state index contributed by atoms with van der Waals surface area (Å²) >= 11 is 1.30. The molecule has 0 saturated carbocycles. The number of halogens is 1. The van der Waals surface area contributed by atoms with E-state index in [4.69, 9.17) is 0 Å². The van der Waals surface area contributed by atoms with Crippen molar-refractivity contribution in [2.45, 2.75) is 36.6 Å². The third-order valence-electron chi connectivity index (χ3n) is 5.52. The Morgan fingerprint density at radius 3 is 2.60 bits per heavy atom. The van der Waals surface area contributed by atoms with Crippen molar-refractivity contribution in [2.24, 2.45) is 5.92 Å². The largest absolute Gasteiger partial charge is 0.342 e. The van der Waals surface area contributed by atoms with E-state index in [9.17, 15) is 9.18 Å². The van der Waals surface area contributed by atoms with Gasteiger partial charge in [-0.3, -0.25) is 9.89 Å². The zero-order valence-corrected chi connectivity index (χ0v) is 17.7. The molecule has 1 fully saturated rings. The lowest BCUT2D eigenvalue weighted by molar-refractivity contribution is -0.131. The SMILES string of the molecule is C[C@@H](Sc1n[nH]c(-c2ccccc2F)n1)C(=O)N1CCC(Cc2ccccc2)CC1. The lowest BCUT2D eigenvalue weighted by Crippen LogP contribution is -2.42. The molecular weight excluding hydrogens is 399 g/mol. The molecule has 30 heavy (non-hydrogen) atoms. The highest BCUT2D eigenvalue weighted by molar-refractivity contribution is 8.00. The molecule has 1 aromatic heterocycles. The monoisotopic (exact) mass is 424 g/mol. The Balaban J connectivity index is 1.30. The molecule has 1 aliphatic rings. The number of carbonyl (C=O) groups excluding carboxylic acids is 1. The van der Waals surface area contributed by atoms with Crippen LogP contribution in [0.5, 0.6) is 0 Å². The van der Waals surface area contributed by atoms with Gasteiger partial charge in [0.15, 0.2) is 5.82 Å². The number of H-pyrrole nitrogens is 1. The third-order valence-corrected chi connectivity index (χ3v) is 6.47. The molecule has 0 spiro atoms. The summed E-state index contributed by atoms with van der Waals surface area (Å²) in [6.07, 6.45) is 3.12. The Labute approximate surface area is 180 Å². The maximum atomic E-state index is 13.9. The van der Waals surface area contributed by atoms with Crippen molar-refractivity contribution in [3.63, 3.8) is 0 Å². The summed E-state index contributed by atoms with van der Waals surface area (Å²) in [7, 11) is 0. The zero-order chi connectivity index (χ0) is 20.9. The van der Waals surface area contributed by atoms with E-state index in [-0.39, 0.29) is 17.0 Å². The summed E-state index contributed by atoms with van der Waals surface area (Å²) < 4.78 is 13.9. The van der Waals surface area contributed by atoms with Crippen LogP contribution in [-0.2, 0) is 11.2 Å². The fraction of sp³-hybridized carbons (Fsp3) is 0.348. The summed E-state index contributed by atoms with van der Waals surface area (Å²) in [5, 5.41) is 7.08. The molecule has 2 aromatic carbocycles. The highest BCUT2D eigenvalue weighted by Crippen LogP contribution is 2.27. The number of benzene rings is 2. The van der Waals surface area contributed by atoms with Crippen molar-refractivity contribution in [2.75, 3.05) is 13.1 Å². The minimum absolute atomic E-state index is 0.107. The van der Waals surface area contributed by atoms with Gasteiger partial charge in [0.1, 0.15) is 5.82 Å². The van der Waals surface area contributed by atoms with E-state index < -0.39 is 0 Å². The maximum Gasteiger partial charge on any atom is 0.235 e. The highest BCUT2D eigenvalue weighted by Gasteiger charge is 2.27. The van der Waals surface area contributed by atoms with Crippen molar-refractivity contribution in [3.8, 4) is 11.4 Å². The van der Waals surface area contributed by atoms with Crippen LogP contribution < -0.4 is 0 Å². The van der Waals surface area contributed by atoms with E-state index in [1.54, 1.807) is 18.2 Å². The van der Waals surface area contributed by atoms with Crippen LogP contribution in [0.1, 0.15) is 25.3 Å². The van der Waals surface area contributed by atoms with Crippen LogP contribution in [0, 0.1) is 11.7 Å². The van der Waals surface area contributed by atoms with Gasteiger partial charge in [0.25, 0.3) is 0 Å². The molecule has 156 valence electrons. The van der Waals surface area contributed by atoms with Crippen LogP contribution in [-0.4, -0.2) is 44.3 Å². The number of nitrogens with one attached hydrogen (secondary N) is 1. The van der Waals surface area contributed by atoms with Gasteiger partial charge in [-0.05, 0) is 49.8 Å². The number of nitrogens with zero attached hydrogens (tertiary/aromatic N) is 3. The Kier molecular flexibility index (Phi) is 6.47. The topological polar surface area (TPSA) is 61.9 Å². The van der Waals surface area contributed by atoms with Crippen molar-refractivity contribution >= 4 is 17.7 Å². The Morgan fingerprint density at radius 2 is 1.87 bits per heavy atom. The van der Waals surface area contributed by atoms with E-state index in [2.05, 4.69) is 39.4 Å². The number of aromatic amines is 1. The number of hydrogen-bond acceptors (Lipinski definition) is 4. The first-order valence-corrected chi connectivity index (χ1v) is 11.1. The first-order chi connectivity index (χ1) is 14.6. The predicted molar refractivity (Wildman–Crippen MR) is 117 cm³/mol. The van der Waals surface area contributed by atoms with Gasteiger partial charge in [0, 0.05) is 13.1 Å². The molecular formula is C23H25FN4OS. The van der Waals surface area contributed by atoms with Crippen LogP contribution in [0.15, 0.2) is 59.8 Å². The molecule has 4 rings (SSSR count). The molecule has 5 nitrogen and oxygen atoms in total. The lowest BCUT2D eigenvalue weighted by Gasteiger charge is -2.33. The second kappa shape index (κ2) is 9.43. The molecule has 2 heterocycles. The number of likely N-dealkylation sites (tertiary alicyclic amines) is 1. The predicted octanol–water partition coefficient (Wildman–Crippen LogP) is 4.57. The molecule has 1 amide bonds. The van der Waals surface area contributed by atoms with Crippen LogP contribution >= 0.6 is 11.8 Å². The number of hydrogen-bond donors (Lipinski definition) is 1. The maximum absolute atomic E-state index is 13.9. The van der Waals surface area contributed by atoms with Gasteiger partial charge in [-0.15, -0.1) is 5.10 Å². The van der Waals surface area contributed by atoms with Crippen molar-refractivity contribution in [1.29, 1.82) is 0 Å². The fourth-order valence-electron chi connectivity index (χ4n) is 3.84. The Morgan fingerprint density at radius 1 is 1.17 bits per heavy atom. The van der Waals surface area contributed by atoms with Crippen molar-refractivity contribution in [3.05, 3.63) is 66.0 Å². The molecule has 1 saturated heterocycles. The van der Waals surface area contributed by atoms with Crippen LogP contribution in [0.4, 0.5) is 4.39 Å². The first kappa shape index (κ1) is 20.6. The van der Waals surface area contributed by atoms with Gasteiger partial charge < -0.3 is 4.90 Å². The van der Waals surface area contributed by atoms with E-state index in [1.807, 2.05) is 17.9 Å². The molecule has 1 aliphatic heterocycles. The van der Waals surface area contributed by atoms with Gasteiger partial charge >= 0.3 is 0 Å². The van der Waals surface area contributed by atoms with Gasteiger partial charge in [-0.25, -0.2) is 9.37 Å². The van der Waals surface area contributed by atoms with E-state index in [0.29, 0.717) is 22.5 Å². The zero-order valence-electron chi connectivity index (χ0n) is 16.9. The molecule has 0 unspecified atom stereocenters. The van der Waals surface area contributed by atoms with Gasteiger partial charge in [0.05, 0.1) is 10.8 Å². The van der Waals surface area contributed by atoms with Crippen LogP contribution in [0.3, 0.4) is 0 Å². The van der Waals surface area contributed by atoms with Crippen LogP contribution in [0.2, 0.25) is 0 Å². The van der Waals surface area contributed by atoms with Gasteiger partial charge in [0.2, 0.25) is 11.1 Å². The second-order valence-electron chi connectivity index (χ2n) is 7.66. The first-order valence-electron chi connectivity index (χ1n) is 10.3. The third kappa shape index (κ3) is 4.90. The highest BCUT2D eigenvalue weighted by atomic mass is 32.2. The number of amides is 1. The molecule has 3 aromatic rings. The van der Waals surface area contributed by atoms with Crippen molar-refractivity contribution < 1.29 is 9.18 Å². The molecule has 7 heteroatoms. The molecule has 0 aliphatic carbocycles. The van der Waals surface area contributed by atoms with E-state index >= 15 is 0 Å². The van der Waals surface area contributed by atoms with Crippen molar-refractivity contribution in [1.82, 2.24) is 20.1 Å². The summed E-state index contributed by atoms with van der Waals surface area (Å²) in [5.74, 6) is 0.746. The minimum Gasteiger partial charge on any atom is -0.342 e. The standard InChI is InChI=1S/C23H25FN4OS/c1-16(30-23-25-21(26-27-23)19-9-5-6-10-20(19)24)22(29)28-13-11-18(12-14-28)15-17-7-3-2-4-8-17/h2-10,16,18H,11-15H2,1H3,(H,25,26,27)/t16-/m1/s1. The molecule has 1 atom stereocenters. The van der Waals surface area contributed by atoms with E-state index in [0.717, 1.165) is 32.4 Å². The minimum atomic E-state index is -0.354. The van der Waals surface area contributed by atoms with Crippen LogP contribution in [0.25, 0.3) is 11.4 Å². The number of piperidine rings is 1. The number of aromatic nitrogens is 3. The van der Waals surface area contributed by atoms with E-state index in [1.165, 1.54) is 23.4 Å². The fourth-order valence-corrected chi connectivity index (χ4v) is 4.65. The number of carbonyl (C=O) groups is 1. The Hall–Kier alpha value is -2.67. The van der Waals surface area contributed by atoms with Gasteiger partial charge in [-0.1, -0.05) is 54.2 Å². The molecule has 0 radical (unpaired) electrons. The summed E-state index contributed by atoms with van der Waals surface area (Å²) in [6, 6.07) is 17.0. The number of thioether (sulfide) groups is 1. The number of rotatable bonds is 6. The normalized spacial score (nSPS) is 15.9. The average Bonchev–Trinajstić information content (AvgIpc) is 3.23. The smallest absolute Gasteiger partial charge is 0.235 e. The average molecular weight is 425 g/mol. The summed E-state index contributed by atoms with van der Waals surface area (Å²) in [5.41, 5.74) is 1.73. The summed E-state index contributed by atoms with van der Waals surface area (Å²) in [6.45, 7) is 3.45. The lowest BCUT2D eigenvalue weighted by atomic mass is 9.90. The summed E-state index contributed by atoms with van der Waals surface area (Å²) in [4.78, 5) is 19.2. The quantitative estimate of drug-likeness (QED) is 0.589. The second-order valence-corrected chi connectivity index (χ2v) is 8.97. The molecule has 0 bridgehead atoms. The molecule has 1 N–H and O–H groups in total. The van der Waals surface area contributed by atoms with Gasteiger partial charge in [-0.2, -0.15) is 0 Å².